The molecular weight excluding hydrogens is 378 g/mol. The Balaban J connectivity index is 1.49. The van der Waals surface area contributed by atoms with Crippen molar-refractivity contribution >= 4 is 17.4 Å². The van der Waals surface area contributed by atoms with E-state index in [1.165, 1.54) is 12.8 Å². The molecule has 3 aromatic rings. The maximum atomic E-state index is 13.3. The predicted molar refractivity (Wildman–Crippen MR) is 115 cm³/mol. The van der Waals surface area contributed by atoms with Crippen LogP contribution in [0.15, 0.2) is 18.5 Å². The summed E-state index contributed by atoms with van der Waals surface area (Å²) in [5.74, 6) is 1.11. The molecule has 0 radical (unpaired) electrons. The van der Waals surface area contributed by atoms with Crippen LogP contribution in [0.4, 0.5) is 5.82 Å². The van der Waals surface area contributed by atoms with Gasteiger partial charge >= 0.3 is 0 Å². The van der Waals surface area contributed by atoms with Gasteiger partial charge in [0.2, 0.25) is 0 Å². The second-order valence-corrected chi connectivity index (χ2v) is 8.59. The van der Waals surface area contributed by atoms with Gasteiger partial charge in [-0.2, -0.15) is 10.2 Å². The average molecular weight is 408 g/mol. The number of carbonyl (C=O) groups excluding carboxylic acids is 1. The van der Waals surface area contributed by atoms with Gasteiger partial charge in [-0.15, -0.1) is 0 Å². The van der Waals surface area contributed by atoms with Gasteiger partial charge in [-0.1, -0.05) is 0 Å². The van der Waals surface area contributed by atoms with Crippen molar-refractivity contribution in [3.63, 3.8) is 0 Å². The van der Waals surface area contributed by atoms with Gasteiger partial charge in [0, 0.05) is 50.2 Å². The van der Waals surface area contributed by atoms with E-state index in [4.69, 9.17) is 10.1 Å². The first-order chi connectivity index (χ1) is 14.5. The summed E-state index contributed by atoms with van der Waals surface area (Å²) in [5.41, 5.74) is 4.50. The number of nitrogens with zero attached hydrogens (tertiary/aromatic N) is 7. The van der Waals surface area contributed by atoms with E-state index in [0.717, 1.165) is 67.3 Å². The smallest absolute Gasteiger partial charge is 0.257 e. The maximum Gasteiger partial charge on any atom is 0.257 e. The lowest BCUT2D eigenvalue weighted by Gasteiger charge is -2.34. The molecule has 30 heavy (non-hydrogen) atoms. The highest BCUT2D eigenvalue weighted by Crippen LogP contribution is 2.33. The third-order valence-corrected chi connectivity index (χ3v) is 6.60. The zero-order valence-electron chi connectivity index (χ0n) is 18.0. The van der Waals surface area contributed by atoms with E-state index in [-0.39, 0.29) is 11.9 Å². The van der Waals surface area contributed by atoms with Gasteiger partial charge in [0.25, 0.3) is 5.91 Å². The van der Waals surface area contributed by atoms with Gasteiger partial charge in [0.05, 0.1) is 23.5 Å². The molecule has 0 aromatic carbocycles. The van der Waals surface area contributed by atoms with E-state index >= 15 is 0 Å². The number of aromatic nitrogens is 5. The van der Waals surface area contributed by atoms with E-state index in [0.29, 0.717) is 5.56 Å². The Morgan fingerprint density at radius 3 is 2.60 bits per heavy atom. The molecule has 0 bridgehead atoms. The number of hydrogen-bond acceptors (Lipinski definition) is 5. The fourth-order valence-electron chi connectivity index (χ4n) is 4.78. The number of anilines is 1. The van der Waals surface area contributed by atoms with Crippen LogP contribution in [0.3, 0.4) is 0 Å². The Kier molecular flexibility index (Phi) is 4.72. The van der Waals surface area contributed by atoms with Crippen molar-refractivity contribution in [1.29, 1.82) is 0 Å². The highest BCUT2D eigenvalue weighted by atomic mass is 16.2. The zero-order valence-corrected chi connectivity index (χ0v) is 18.0. The van der Waals surface area contributed by atoms with Gasteiger partial charge in [-0.3, -0.25) is 9.48 Å². The van der Waals surface area contributed by atoms with E-state index < -0.39 is 0 Å². The molecule has 0 saturated carbocycles. The van der Waals surface area contributed by atoms with Crippen molar-refractivity contribution in [2.24, 2.45) is 7.05 Å². The number of piperidine rings is 1. The third-order valence-electron chi connectivity index (χ3n) is 6.60. The fourth-order valence-corrected chi connectivity index (χ4v) is 4.78. The number of likely N-dealkylation sites (tertiary alicyclic amines) is 1. The van der Waals surface area contributed by atoms with Crippen LogP contribution in [0.1, 0.15) is 65.5 Å². The predicted octanol–water partition coefficient (Wildman–Crippen LogP) is 3.05. The van der Waals surface area contributed by atoms with Crippen LogP contribution in [0, 0.1) is 13.8 Å². The van der Waals surface area contributed by atoms with Gasteiger partial charge in [0.1, 0.15) is 5.82 Å². The van der Waals surface area contributed by atoms with Gasteiger partial charge in [-0.25, -0.2) is 9.50 Å². The second-order valence-electron chi connectivity index (χ2n) is 8.59. The lowest BCUT2D eigenvalue weighted by Crippen LogP contribution is -2.38. The molecule has 0 spiro atoms. The molecule has 158 valence electrons. The summed E-state index contributed by atoms with van der Waals surface area (Å²) in [6.45, 7) is 6.93. The largest absolute Gasteiger partial charge is 0.356 e. The number of carbonyl (C=O) groups is 1. The summed E-state index contributed by atoms with van der Waals surface area (Å²) in [5, 5.41) is 9.10. The van der Waals surface area contributed by atoms with Crippen LogP contribution >= 0.6 is 0 Å². The molecule has 2 aliphatic rings. The Morgan fingerprint density at radius 2 is 1.87 bits per heavy atom. The summed E-state index contributed by atoms with van der Waals surface area (Å²) in [6, 6.07) is 2.04. The first-order valence-electron chi connectivity index (χ1n) is 10.9. The fraction of sp³-hybridized carbons (Fsp3) is 0.545. The van der Waals surface area contributed by atoms with Crippen molar-refractivity contribution < 1.29 is 4.79 Å². The number of rotatable bonds is 3. The average Bonchev–Trinajstić information content (AvgIpc) is 3.48. The number of aryl methyl sites for hydroxylation is 2. The molecule has 2 aliphatic heterocycles. The van der Waals surface area contributed by atoms with Crippen molar-refractivity contribution in [2.45, 2.75) is 52.0 Å². The minimum absolute atomic E-state index is 0.0249. The topological polar surface area (TPSA) is 71.6 Å². The molecule has 3 aromatic heterocycles. The van der Waals surface area contributed by atoms with Crippen molar-refractivity contribution in [1.82, 2.24) is 29.3 Å². The highest BCUT2D eigenvalue weighted by molar-refractivity contribution is 5.95. The molecule has 2 fully saturated rings. The van der Waals surface area contributed by atoms with Crippen molar-refractivity contribution in [2.75, 3.05) is 24.5 Å². The van der Waals surface area contributed by atoms with Crippen LogP contribution in [-0.2, 0) is 7.05 Å². The van der Waals surface area contributed by atoms with Crippen molar-refractivity contribution in [3.8, 4) is 0 Å². The van der Waals surface area contributed by atoms with Crippen LogP contribution in [0.2, 0.25) is 0 Å². The summed E-state index contributed by atoms with van der Waals surface area (Å²) < 4.78 is 3.63. The van der Waals surface area contributed by atoms with Gasteiger partial charge in [-0.05, 0) is 46.0 Å². The second kappa shape index (κ2) is 7.41. The van der Waals surface area contributed by atoms with E-state index in [9.17, 15) is 4.79 Å². The summed E-state index contributed by atoms with van der Waals surface area (Å²) in [6.07, 6.45) is 9.24. The monoisotopic (exact) mass is 407 g/mol. The number of amides is 1. The lowest BCUT2D eigenvalue weighted by molar-refractivity contribution is 0.0605. The molecule has 0 N–H and O–H groups in total. The molecular formula is C22H29N7O. The molecule has 0 aliphatic carbocycles. The molecule has 2 saturated heterocycles. The molecule has 1 amide bonds. The standard InChI is InChI=1S/C22H29N7O/c1-15-14-29-20(24-21(15)27-9-6-7-10-27)12-18(25-29)19-8-4-5-11-28(19)22(30)17-13-23-26(3)16(17)2/h12-14,19H,4-11H2,1-3H3/t19-/m0/s1. The first-order valence-corrected chi connectivity index (χ1v) is 10.9. The maximum absolute atomic E-state index is 13.3. The summed E-state index contributed by atoms with van der Waals surface area (Å²) in [4.78, 5) is 22.6. The first kappa shape index (κ1) is 19.1. The molecule has 8 nitrogen and oxygen atoms in total. The summed E-state index contributed by atoms with van der Waals surface area (Å²) >= 11 is 0. The van der Waals surface area contributed by atoms with Crippen LogP contribution < -0.4 is 4.90 Å². The zero-order chi connectivity index (χ0) is 20.8. The Morgan fingerprint density at radius 1 is 1.10 bits per heavy atom. The van der Waals surface area contributed by atoms with Crippen LogP contribution in [-0.4, -0.2) is 54.8 Å². The molecule has 8 heteroatoms. The lowest BCUT2D eigenvalue weighted by atomic mass is 9.98. The third kappa shape index (κ3) is 3.14. The molecule has 5 heterocycles. The van der Waals surface area contributed by atoms with E-state index in [1.54, 1.807) is 10.9 Å². The van der Waals surface area contributed by atoms with E-state index in [1.807, 2.05) is 23.4 Å². The Hall–Kier alpha value is -2.90. The SMILES string of the molecule is Cc1cn2nc([C@@H]3CCCCN3C(=O)c3cnn(C)c3C)cc2nc1N1CCCC1. The molecule has 0 unspecified atom stereocenters. The number of hydrogen-bond donors (Lipinski definition) is 0. The summed E-state index contributed by atoms with van der Waals surface area (Å²) in [7, 11) is 1.87. The minimum atomic E-state index is -0.0249. The minimum Gasteiger partial charge on any atom is -0.356 e. The van der Waals surface area contributed by atoms with Crippen molar-refractivity contribution in [3.05, 3.63) is 41.0 Å². The molecule has 5 rings (SSSR count). The molecule has 1 atom stereocenters. The normalized spacial score (nSPS) is 19.8. The van der Waals surface area contributed by atoms with E-state index in [2.05, 4.69) is 29.2 Å². The van der Waals surface area contributed by atoms with Crippen LogP contribution in [0.25, 0.3) is 5.65 Å². The number of fused-ring (bicyclic) bond motifs is 1. The van der Waals surface area contributed by atoms with Crippen LogP contribution in [0.5, 0.6) is 0 Å². The quantitative estimate of drug-likeness (QED) is 0.667. The van der Waals surface area contributed by atoms with Gasteiger partial charge < -0.3 is 9.80 Å². The highest BCUT2D eigenvalue weighted by Gasteiger charge is 2.32. The Bertz CT molecular complexity index is 1090. The van der Waals surface area contributed by atoms with Gasteiger partial charge in [0.15, 0.2) is 5.65 Å². The Labute approximate surface area is 176 Å².